The maximum Gasteiger partial charge on any atom is 0.252 e. The van der Waals surface area contributed by atoms with Gasteiger partial charge in [0.2, 0.25) is 0 Å². The van der Waals surface area contributed by atoms with E-state index in [4.69, 9.17) is 0 Å². The van der Waals surface area contributed by atoms with E-state index in [-0.39, 0.29) is 11.0 Å². The van der Waals surface area contributed by atoms with Gasteiger partial charge in [0.15, 0.2) is 0 Å². The van der Waals surface area contributed by atoms with Crippen LogP contribution in [0, 0.1) is 24.2 Å². The van der Waals surface area contributed by atoms with Crippen LogP contribution < -0.4 is 5.56 Å². The molecule has 0 amide bonds. The number of pyridine rings is 1. The van der Waals surface area contributed by atoms with E-state index in [9.17, 15) is 9.90 Å². The van der Waals surface area contributed by atoms with Crippen molar-refractivity contribution in [2.45, 2.75) is 88.4 Å². The standard InChI is InChI=1S/C30H37N3O2/c1-18-5-6-20(28(35)31-18)16-32-17-21-15-29-10-9-25(32)27(21)30(29)11-12-33(22-3-2-4-22)26(29)13-19-7-8-23(34)14-24(19)30/h5-8,14,21-22,25-27,34H,2-4,9-13,15-17H2,1H3,(H,31,35)/t21-,25?,26?,27?,29?,30?/m1/s1. The van der Waals surface area contributed by atoms with Crippen LogP contribution in [-0.4, -0.2) is 51.1 Å². The van der Waals surface area contributed by atoms with Crippen LogP contribution in [0.4, 0.5) is 0 Å². The molecule has 5 heteroatoms. The van der Waals surface area contributed by atoms with E-state index in [1.54, 1.807) is 0 Å². The Morgan fingerprint density at radius 2 is 2.03 bits per heavy atom. The van der Waals surface area contributed by atoms with Gasteiger partial charge in [-0.15, -0.1) is 0 Å². The van der Waals surface area contributed by atoms with Gasteiger partial charge in [0.1, 0.15) is 5.75 Å². The minimum atomic E-state index is 0.0761. The Morgan fingerprint density at radius 1 is 1.14 bits per heavy atom. The summed E-state index contributed by atoms with van der Waals surface area (Å²) in [6.45, 7) is 5.06. The van der Waals surface area contributed by atoms with Crippen molar-refractivity contribution in [3.05, 3.63) is 63.1 Å². The SMILES string of the molecule is Cc1ccc(CN2C[C@H]3CC45CCC2C3C42CCN(C3CCC3)C5Cc3ccc(O)cc32)c(=O)[nH]1. The van der Waals surface area contributed by atoms with Crippen LogP contribution in [0.3, 0.4) is 0 Å². The van der Waals surface area contributed by atoms with E-state index in [0.29, 0.717) is 35.1 Å². The number of likely N-dealkylation sites (tertiary alicyclic amines) is 2. The average Bonchev–Trinajstić information content (AvgIpc) is 3.22. The predicted octanol–water partition coefficient (Wildman–Crippen LogP) is 4.11. The highest BCUT2D eigenvalue weighted by molar-refractivity contribution is 5.50. The number of H-pyrrole nitrogens is 1. The number of nitrogens with one attached hydrogen (secondary N) is 1. The summed E-state index contributed by atoms with van der Waals surface area (Å²) in [4.78, 5) is 21.3. The van der Waals surface area contributed by atoms with Crippen LogP contribution >= 0.6 is 0 Å². The van der Waals surface area contributed by atoms with Crippen molar-refractivity contribution in [1.29, 1.82) is 0 Å². The van der Waals surface area contributed by atoms with Crippen molar-refractivity contribution in [2.24, 2.45) is 17.3 Å². The van der Waals surface area contributed by atoms with Crippen molar-refractivity contribution in [3.8, 4) is 5.75 Å². The van der Waals surface area contributed by atoms with Crippen molar-refractivity contribution in [2.75, 3.05) is 13.1 Å². The van der Waals surface area contributed by atoms with Crippen molar-refractivity contribution in [1.82, 2.24) is 14.8 Å². The van der Waals surface area contributed by atoms with Crippen LogP contribution in [0.2, 0.25) is 0 Å². The number of benzene rings is 1. The first-order chi connectivity index (χ1) is 17.0. The molecule has 6 aliphatic rings. The number of rotatable bonds is 3. The first-order valence-corrected chi connectivity index (χ1v) is 14.0. The molecule has 2 N–H and O–H groups in total. The van der Waals surface area contributed by atoms with Gasteiger partial charge in [-0.2, -0.15) is 0 Å². The summed E-state index contributed by atoms with van der Waals surface area (Å²) >= 11 is 0. The van der Waals surface area contributed by atoms with Crippen LogP contribution in [0.15, 0.2) is 35.1 Å². The molecule has 35 heavy (non-hydrogen) atoms. The molecule has 3 heterocycles. The van der Waals surface area contributed by atoms with Gasteiger partial charge in [0, 0.05) is 47.9 Å². The fourth-order valence-corrected chi connectivity index (χ4v) is 10.4. The first-order valence-electron chi connectivity index (χ1n) is 14.0. The number of fused-ring (bicyclic) bond motifs is 1. The second-order valence-electron chi connectivity index (χ2n) is 12.8. The molecular formula is C30H37N3O2. The Kier molecular flexibility index (Phi) is 4.21. The fraction of sp³-hybridized carbons (Fsp3) is 0.633. The number of aryl methyl sites for hydroxylation is 1. The van der Waals surface area contributed by atoms with Gasteiger partial charge in [-0.3, -0.25) is 14.6 Å². The smallest absolute Gasteiger partial charge is 0.252 e. The predicted molar refractivity (Wildman–Crippen MR) is 136 cm³/mol. The third-order valence-electron chi connectivity index (χ3n) is 11.7. The summed E-state index contributed by atoms with van der Waals surface area (Å²) in [6.07, 6.45) is 10.5. The molecule has 2 saturated heterocycles. The van der Waals surface area contributed by atoms with Gasteiger partial charge in [-0.25, -0.2) is 0 Å². The van der Waals surface area contributed by atoms with Gasteiger partial charge < -0.3 is 10.1 Å². The molecule has 2 aliphatic heterocycles. The van der Waals surface area contributed by atoms with Crippen molar-refractivity contribution in [3.63, 3.8) is 0 Å². The number of aromatic hydroxyl groups is 1. The van der Waals surface area contributed by atoms with E-state index in [1.165, 1.54) is 69.0 Å². The molecule has 184 valence electrons. The third-order valence-corrected chi connectivity index (χ3v) is 11.7. The quantitative estimate of drug-likeness (QED) is 0.707. The molecule has 4 aliphatic carbocycles. The molecule has 1 aromatic carbocycles. The van der Waals surface area contributed by atoms with Crippen LogP contribution in [0.1, 0.15) is 67.3 Å². The molecule has 4 bridgehead atoms. The lowest BCUT2D eigenvalue weighted by molar-refractivity contribution is -0.125. The fourth-order valence-electron chi connectivity index (χ4n) is 10.4. The second kappa shape index (κ2) is 7.01. The van der Waals surface area contributed by atoms with E-state index in [0.717, 1.165) is 30.4 Å². The number of phenolic OH excluding ortho intramolecular Hbond substituents is 1. The molecule has 3 saturated carbocycles. The van der Waals surface area contributed by atoms with Crippen molar-refractivity contribution >= 4 is 0 Å². The lowest BCUT2D eigenvalue weighted by Crippen LogP contribution is -2.71. The number of hydrogen-bond acceptors (Lipinski definition) is 4. The highest BCUT2D eigenvalue weighted by Gasteiger charge is 2.76. The minimum absolute atomic E-state index is 0.0761. The molecule has 5 fully saturated rings. The second-order valence-corrected chi connectivity index (χ2v) is 12.8. The number of piperidine rings is 1. The van der Waals surface area contributed by atoms with E-state index < -0.39 is 0 Å². The normalized spacial score (nSPS) is 39.8. The topological polar surface area (TPSA) is 59.6 Å². The molecule has 2 aromatic rings. The molecule has 0 spiro atoms. The number of aromatic nitrogens is 1. The molecule has 6 atom stereocenters. The molecular weight excluding hydrogens is 434 g/mol. The van der Waals surface area contributed by atoms with Gasteiger partial charge in [-0.05, 0) is 105 Å². The summed E-state index contributed by atoms with van der Waals surface area (Å²) in [5.74, 6) is 1.78. The summed E-state index contributed by atoms with van der Waals surface area (Å²) < 4.78 is 0. The number of hydrogen-bond donors (Lipinski definition) is 2. The van der Waals surface area contributed by atoms with Gasteiger partial charge in [0.25, 0.3) is 5.56 Å². The first kappa shape index (κ1) is 21.0. The van der Waals surface area contributed by atoms with Crippen molar-refractivity contribution < 1.29 is 5.11 Å². The average molecular weight is 472 g/mol. The van der Waals surface area contributed by atoms with E-state index in [2.05, 4.69) is 26.9 Å². The van der Waals surface area contributed by atoms with Crippen LogP contribution in [0.5, 0.6) is 5.75 Å². The Bertz CT molecular complexity index is 1270. The van der Waals surface area contributed by atoms with E-state index in [1.807, 2.05) is 25.1 Å². The molecule has 5 nitrogen and oxygen atoms in total. The highest BCUT2D eigenvalue weighted by atomic mass is 16.3. The number of nitrogens with zero attached hydrogens (tertiary/aromatic N) is 2. The zero-order valence-corrected chi connectivity index (χ0v) is 20.8. The summed E-state index contributed by atoms with van der Waals surface area (Å²) in [7, 11) is 0. The summed E-state index contributed by atoms with van der Waals surface area (Å²) in [5, 5.41) is 10.6. The molecule has 8 rings (SSSR count). The van der Waals surface area contributed by atoms with Gasteiger partial charge >= 0.3 is 0 Å². The van der Waals surface area contributed by atoms with Crippen LogP contribution in [-0.2, 0) is 18.4 Å². The maximum absolute atomic E-state index is 12.7. The number of aromatic amines is 1. The molecule has 0 radical (unpaired) electrons. The Balaban J connectivity index is 1.23. The largest absolute Gasteiger partial charge is 0.508 e. The van der Waals surface area contributed by atoms with Gasteiger partial charge in [0.05, 0.1) is 0 Å². The minimum Gasteiger partial charge on any atom is -0.508 e. The van der Waals surface area contributed by atoms with E-state index >= 15 is 0 Å². The number of phenols is 1. The van der Waals surface area contributed by atoms with Crippen LogP contribution in [0.25, 0.3) is 0 Å². The Hall–Kier alpha value is -2.11. The highest BCUT2D eigenvalue weighted by Crippen LogP contribution is 2.75. The maximum atomic E-state index is 12.7. The molecule has 5 unspecified atom stereocenters. The van der Waals surface area contributed by atoms with Gasteiger partial charge in [-0.1, -0.05) is 18.6 Å². The Labute approximate surface area is 207 Å². The summed E-state index contributed by atoms with van der Waals surface area (Å²) in [5.41, 5.74) is 5.46. The zero-order chi connectivity index (χ0) is 23.5. The zero-order valence-electron chi connectivity index (χ0n) is 20.8. The monoisotopic (exact) mass is 471 g/mol. The summed E-state index contributed by atoms with van der Waals surface area (Å²) in [6, 6.07) is 12.4. The Morgan fingerprint density at radius 3 is 2.83 bits per heavy atom. The lowest BCUT2D eigenvalue weighted by Gasteiger charge is -2.68. The third kappa shape index (κ3) is 2.54. The molecule has 1 aromatic heterocycles. The lowest BCUT2D eigenvalue weighted by atomic mass is 9.43.